The average molecular weight is 160 g/mol. The monoisotopic (exact) mass is 160 g/mol. The highest BCUT2D eigenvalue weighted by atomic mass is 16.6. The van der Waals surface area contributed by atoms with Gasteiger partial charge in [0.05, 0.1) is 0 Å². The summed E-state index contributed by atoms with van der Waals surface area (Å²) in [5, 5.41) is 0.894. The van der Waals surface area contributed by atoms with E-state index in [1.807, 2.05) is 6.07 Å². The van der Waals surface area contributed by atoms with Gasteiger partial charge in [0, 0.05) is 17.5 Å². The van der Waals surface area contributed by atoms with Gasteiger partial charge in [-0.15, -0.1) is 0 Å². The van der Waals surface area contributed by atoms with Crippen LogP contribution >= 0.6 is 0 Å². The number of rotatable bonds is 0. The lowest BCUT2D eigenvalue weighted by atomic mass is 10.2. The second-order valence-corrected chi connectivity index (χ2v) is 2.69. The maximum atomic E-state index is 10.8. The summed E-state index contributed by atoms with van der Waals surface area (Å²) in [7, 11) is 0. The first kappa shape index (κ1) is 5.83. The van der Waals surface area contributed by atoms with Gasteiger partial charge in [0.25, 0.3) is 0 Å². The van der Waals surface area contributed by atoms with Crippen molar-refractivity contribution in [2.45, 2.75) is 0 Å². The Kier molecular flexibility index (Phi) is 0.821. The maximum absolute atomic E-state index is 10.8. The van der Waals surface area contributed by atoms with Crippen molar-refractivity contribution in [3.05, 3.63) is 34.7 Å². The second kappa shape index (κ2) is 1.69. The molecule has 0 unspecified atom stereocenters. The van der Waals surface area contributed by atoms with Gasteiger partial charge in [0.2, 0.25) is 0 Å². The molecule has 0 bridgehead atoms. The zero-order valence-corrected chi connectivity index (χ0v) is 6.03. The van der Waals surface area contributed by atoms with E-state index in [-0.39, 0.29) is 5.63 Å². The third-order valence-electron chi connectivity index (χ3n) is 1.86. The molecule has 58 valence electrons. The number of hydrogen-bond donors (Lipinski definition) is 0. The third kappa shape index (κ3) is 0.676. The number of fused-ring (bicyclic) bond motifs is 2. The standard InChI is InChI=1S/C9H4O3/c10-9-2-1-5-3-7-8(11-7)4-6(5)12-9/h1-4H. The zero-order chi connectivity index (χ0) is 8.13. The molecule has 12 heavy (non-hydrogen) atoms. The van der Waals surface area contributed by atoms with E-state index in [9.17, 15) is 4.79 Å². The quantitative estimate of drug-likeness (QED) is 0.372. The number of ether oxygens (including phenoxy) is 1. The molecule has 0 atom stereocenters. The largest absolute Gasteiger partial charge is 0.449 e. The van der Waals surface area contributed by atoms with Crippen LogP contribution in [0.3, 0.4) is 0 Å². The van der Waals surface area contributed by atoms with Gasteiger partial charge in [0.1, 0.15) is 5.58 Å². The smallest absolute Gasteiger partial charge is 0.336 e. The SMILES string of the molecule is O=c1ccc2cc3c(cc2o1)O3. The molecular formula is C9H4O3. The van der Waals surface area contributed by atoms with Crippen LogP contribution < -0.4 is 10.4 Å². The molecule has 0 saturated carbocycles. The van der Waals surface area contributed by atoms with Gasteiger partial charge in [-0.2, -0.15) is 0 Å². The van der Waals surface area contributed by atoms with Crippen LogP contribution in [-0.4, -0.2) is 0 Å². The van der Waals surface area contributed by atoms with E-state index in [2.05, 4.69) is 0 Å². The minimum absolute atomic E-state index is 0.330. The van der Waals surface area contributed by atoms with Crippen molar-refractivity contribution in [2.24, 2.45) is 0 Å². The van der Waals surface area contributed by atoms with E-state index < -0.39 is 0 Å². The summed E-state index contributed by atoms with van der Waals surface area (Å²) in [4.78, 5) is 10.8. The second-order valence-electron chi connectivity index (χ2n) is 2.69. The molecular weight excluding hydrogens is 156 g/mol. The number of hydrogen-bond acceptors (Lipinski definition) is 3. The highest BCUT2D eigenvalue weighted by Crippen LogP contribution is 2.47. The molecule has 2 heterocycles. The van der Waals surface area contributed by atoms with E-state index in [4.69, 9.17) is 9.15 Å². The van der Waals surface area contributed by atoms with E-state index in [0.29, 0.717) is 5.58 Å². The van der Waals surface area contributed by atoms with Crippen LogP contribution in [-0.2, 0) is 0 Å². The summed E-state index contributed by atoms with van der Waals surface area (Å²) < 4.78 is 10.0. The van der Waals surface area contributed by atoms with Crippen molar-refractivity contribution < 1.29 is 9.15 Å². The number of benzene rings is 1. The van der Waals surface area contributed by atoms with Crippen LogP contribution in [0.5, 0.6) is 11.5 Å². The molecule has 0 N–H and O–H groups in total. The molecule has 0 aliphatic carbocycles. The minimum Gasteiger partial charge on any atom is -0.449 e. The third-order valence-corrected chi connectivity index (χ3v) is 1.86. The Balaban J connectivity index is 2.52. The topological polar surface area (TPSA) is 42.7 Å². The first-order chi connectivity index (χ1) is 5.83. The molecule has 0 spiro atoms. The molecule has 0 amide bonds. The highest BCUT2D eigenvalue weighted by molar-refractivity contribution is 5.83. The van der Waals surface area contributed by atoms with Crippen LogP contribution in [0.25, 0.3) is 11.0 Å². The molecule has 2 aromatic rings. The Morgan fingerprint density at radius 3 is 2.83 bits per heavy atom. The summed E-state index contributed by atoms with van der Waals surface area (Å²) in [6.07, 6.45) is 0. The van der Waals surface area contributed by atoms with Gasteiger partial charge in [-0.3, -0.25) is 0 Å². The summed E-state index contributed by atoms with van der Waals surface area (Å²) >= 11 is 0. The molecule has 1 aromatic heterocycles. The Morgan fingerprint density at radius 1 is 1.08 bits per heavy atom. The van der Waals surface area contributed by atoms with Crippen LogP contribution in [0.1, 0.15) is 0 Å². The summed E-state index contributed by atoms with van der Waals surface area (Å²) in [6, 6.07) is 6.71. The normalized spacial score (nSPS) is 12.3. The predicted molar refractivity (Wildman–Crippen MR) is 42.6 cm³/mol. The molecule has 3 heteroatoms. The Labute approximate surface area is 67.2 Å². The molecule has 3 rings (SSSR count). The van der Waals surface area contributed by atoms with Gasteiger partial charge in [0.15, 0.2) is 11.5 Å². The molecule has 1 aliphatic rings. The van der Waals surface area contributed by atoms with Gasteiger partial charge < -0.3 is 9.15 Å². The lowest BCUT2D eigenvalue weighted by Crippen LogP contribution is -1.92. The molecule has 0 radical (unpaired) electrons. The average Bonchev–Trinajstić information content (AvgIpc) is 2.77. The first-order valence-corrected chi connectivity index (χ1v) is 3.59. The van der Waals surface area contributed by atoms with Crippen molar-refractivity contribution in [1.82, 2.24) is 0 Å². The molecule has 1 aromatic carbocycles. The minimum atomic E-state index is -0.330. The summed E-state index contributed by atoms with van der Waals surface area (Å²) in [5.41, 5.74) is 0.252. The van der Waals surface area contributed by atoms with Crippen molar-refractivity contribution in [1.29, 1.82) is 0 Å². The van der Waals surface area contributed by atoms with Gasteiger partial charge >= 0.3 is 5.63 Å². The van der Waals surface area contributed by atoms with E-state index >= 15 is 0 Å². The van der Waals surface area contributed by atoms with E-state index in [1.165, 1.54) is 6.07 Å². The molecule has 0 saturated heterocycles. The predicted octanol–water partition coefficient (Wildman–Crippen LogP) is 1.90. The van der Waals surface area contributed by atoms with Crippen molar-refractivity contribution in [3.8, 4) is 11.5 Å². The van der Waals surface area contributed by atoms with Crippen molar-refractivity contribution in [2.75, 3.05) is 0 Å². The Morgan fingerprint density at radius 2 is 1.92 bits per heavy atom. The summed E-state index contributed by atoms with van der Waals surface area (Å²) in [5.74, 6) is 1.67. The fraction of sp³-hybridized carbons (Fsp3) is 0. The van der Waals surface area contributed by atoms with E-state index in [0.717, 1.165) is 16.9 Å². The first-order valence-electron chi connectivity index (χ1n) is 3.59. The molecule has 0 fully saturated rings. The van der Waals surface area contributed by atoms with Crippen molar-refractivity contribution >= 4 is 11.0 Å². The lowest BCUT2D eigenvalue weighted by molar-refractivity contribution is 0.560. The summed E-state index contributed by atoms with van der Waals surface area (Å²) in [6.45, 7) is 0. The van der Waals surface area contributed by atoms with Crippen molar-refractivity contribution in [3.63, 3.8) is 0 Å². The lowest BCUT2D eigenvalue weighted by Gasteiger charge is -1.88. The maximum Gasteiger partial charge on any atom is 0.336 e. The zero-order valence-electron chi connectivity index (χ0n) is 6.03. The van der Waals surface area contributed by atoms with Crippen LogP contribution in [0.15, 0.2) is 33.5 Å². The van der Waals surface area contributed by atoms with Gasteiger partial charge in [-0.1, -0.05) is 0 Å². The van der Waals surface area contributed by atoms with Crippen LogP contribution in [0.4, 0.5) is 0 Å². The molecule has 1 aliphatic heterocycles. The van der Waals surface area contributed by atoms with E-state index in [1.54, 1.807) is 12.1 Å². The van der Waals surface area contributed by atoms with Crippen LogP contribution in [0.2, 0.25) is 0 Å². The Bertz CT molecular complexity index is 525. The van der Waals surface area contributed by atoms with Gasteiger partial charge in [-0.05, 0) is 12.1 Å². The van der Waals surface area contributed by atoms with Crippen LogP contribution in [0, 0.1) is 0 Å². The fourth-order valence-electron chi connectivity index (χ4n) is 1.23. The Hall–Kier alpha value is -1.77. The molecule has 3 nitrogen and oxygen atoms in total. The fourth-order valence-corrected chi connectivity index (χ4v) is 1.23. The highest BCUT2D eigenvalue weighted by Gasteiger charge is 2.20. The van der Waals surface area contributed by atoms with Gasteiger partial charge in [-0.25, -0.2) is 4.79 Å².